The van der Waals surface area contributed by atoms with Crippen LogP contribution in [0, 0.1) is 0 Å². The SMILES string of the molecule is CCOc1cc(C2C(C(=O)c3ccco3)=C(O)C(=O)N2c2ccc3c(c2)OCO3)ccc1O. The van der Waals surface area contributed by atoms with Crippen molar-refractivity contribution in [1.82, 2.24) is 0 Å². The van der Waals surface area contributed by atoms with E-state index in [1.165, 1.54) is 29.4 Å². The largest absolute Gasteiger partial charge is 0.504 e. The number of hydrogen-bond donors (Lipinski definition) is 2. The number of aromatic hydroxyl groups is 1. The van der Waals surface area contributed by atoms with Gasteiger partial charge in [0, 0.05) is 11.8 Å². The van der Waals surface area contributed by atoms with Crippen LogP contribution in [0.25, 0.3) is 0 Å². The van der Waals surface area contributed by atoms with Gasteiger partial charge in [0.05, 0.1) is 24.5 Å². The molecule has 0 aliphatic carbocycles. The summed E-state index contributed by atoms with van der Waals surface area (Å²) in [6.45, 7) is 2.12. The maximum Gasteiger partial charge on any atom is 0.294 e. The number of benzene rings is 2. The van der Waals surface area contributed by atoms with Crippen LogP contribution < -0.4 is 19.1 Å². The lowest BCUT2D eigenvalue weighted by Gasteiger charge is -2.27. The Morgan fingerprint density at radius 3 is 2.70 bits per heavy atom. The second-order valence-corrected chi connectivity index (χ2v) is 7.34. The van der Waals surface area contributed by atoms with Gasteiger partial charge in [-0.15, -0.1) is 0 Å². The molecule has 0 spiro atoms. The summed E-state index contributed by atoms with van der Waals surface area (Å²) < 4.78 is 21.5. The molecule has 0 fully saturated rings. The maximum atomic E-state index is 13.3. The van der Waals surface area contributed by atoms with Crippen molar-refractivity contribution in [3.05, 3.63) is 77.5 Å². The number of aliphatic hydroxyl groups is 1. The zero-order valence-corrected chi connectivity index (χ0v) is 17.5. The number of nitrogens with zero attached hydrogens (tertiary/aromatic N) is 1. The van der Waals surface area contributed by atoms with Crippen molar-refractivity contribution in [2.75, 3.05) is 18.3 Å². The molecule has 0 saturated carbocycles. The molecule has 0 saturated heterocycles. The summed E-state index contributed by atoms with van der Waals surface area (Å²) in [7, 11) is 0. The van der Waals surface area contributed by atoms with Crippen LogP contribution in [0.2, 0.25) is 0 Å². The lowest BCUT2D eigenvalue weighted by molar-refractivity contribution is -0.117. The quantitative estimate of drug-likeness (QED) is 0.544. The van der Waals surface area contributed by atoms with E-state index in [4.69, 9.17) is 18.6 Å². The first-order valence-corrected chi connectivity index (χ1v) is 10.2. The van der Waals surface area contributed by atoms with Crippen molar-refractivity contribution in [2.45, 2.75) is 13.0 Å². The number of Topliss-reactive ketones (excluding diaryl/α,β-unsaturated/α-hetero) is 1. The number of rotatable bonds is 6. The second kappa shape index (κ2) is 7.94. The van der Waals surface area contributed by atoms with Crippen LogP contribution in [0.4, 0.5) is 5.69 Å². The number of ketones is 1. The highest BCUT2D eigenvalue weighted by molar-refractivity contribution is 6.20. The molecule has 33 heavy (non-hydrogen) atoms. The van der Waals surface area contributed by atoms with Gasteiger partial charge < -0.3 is 28.8 Å². The number of amides is 1. The lowest BCUT2D eigenvalue weighted by Crippen LogP contribution is -2.31. The average molecular weight is 449 g/mol. The third kappa shape index (κ3) is 3.34. The fraction of sp³-hybridized carbons (Fsp3) is 0.167. The first-order valence-electron chi connectivity index (χ1n) is 10.2. The van der Waals surface area contributed by atoms with Crippen LogP contribution in [0.1, 0.15) is 29.1 Å². The van der Waals surface area contributed by atoms with Gasteiger partial charge in [-0.3, -0.25) is 14.5 Å². The summed E-state index contributed by atoms with van der Waals surface area (Å²) in [5, 5.41) is 20.9. The number of anilines is 1. The van der Waals surface area contributed by atoms with E-state index in [9.17, 15) is 19.8 Å². The topological polar surface area (TPSA) is 119 Å². The molecule has 0 bridgehead atoms. The predicted molar refractivity (Wildman–Crippen MR) is 115 cm³/mol. The van der Waals surface area contributed by atoms with E-state index < -0.39 is 23.5 Å². The Kier molecular flexibility index (Phi) is 4.93. The van der Waals surface area contributed by atoms with Gasteiger partial charge in [-0.25, -0.2) is 0 Å². The van der Waals surface area contributed by atoms with Gasteiger partial charge in [0.1, 0.15) is 0 Å². The molecule has 2 aliphatic rings. The molecule has 1 aromatic heterocycles. The molecule has 9 heteroatoms. The van der Waals surface area contributed by atoms with E-state index in [1.54, 1.807) is 37.3 Å². The van der Waals surface area contributed by atoms with Crippen molar-refractivity contribution >= 4 is 17.4 Å². The molecule has 1 unspecified atom stereocenters. The summed E-state index contributed by atoms with van der Waals surface area (Å²) in [6.07, 6.45) is 1.33. The molecule has 2 aliphatic heterocycles. The first kappa shape index (κ1) is 20.5. The summed E-state index contributed by atoms with van der Waals surface area (Å²) in [5.41, 5.74) is 0.677. The highest BCUT2D eigenvalue weighted by atomic mass is 16.7. The Hall–Kier alpha value is -4.40. The van der Waals surface area contributed by atoms with E-state index in [0.717, 1.165) is 0 Å². The number of hydrogen-bond acceptors (Lipinski definition) is 8. The highest BCUT2D eigenvalue weighted by Crippen LogP contribution is 2.46. The number of aliphatic hydroxyl groups excluding tert-OH is 1. The first-order chi connectivity index (χ1) is 16.0. The number of furan rings is 1. The molecule has 1 atom stereocenters. The molecule has 2 aromatic carbocycles. The fourth-order valence-corrected chi connectivity index (χ4v) is 3.97. The molecule has 2 N–H and O–H groups in total. The summed E-state index contributed by atoms with van der Waals surface area (Å²) in [4.78, 5) is 27.8. The number of carbonyl (C=O) groups is 2. The van der Waals surface area contributed by atoms with Crippen molar-refractivity contribution in [3.8, 4) is 23.0 Å². The van der Waals surface area contributed by atoms with Gasteiger partial charge in [-0.05, 0) is 48.9 Å². The summed E-state index contributed by atoms with van der Waals surface area (Å²) in [5.74, 6) is -1.06. The van der Waals surface area contributed by atoms with Gasteiger partial charge in [0.15, 0.2) is 34.5 Å². The van der Waals surface area contributed by atoms with Gasteiger partial charge in [-0.2, -0.15) is 0 Å². The van der Waals surface area contributed by atoms with E-state index in [-0.39, 0.29) is 29.6 Å². The summed E-state index contributed by atoms with van der Waals surface area (Å²) >= 11 is 0. The molecule has 1 amide bonds. The molecule has 0 radical (unpaired) electrons. The third-order valence-corrected chi connectivity index (χ3v) is 5.43. The normalized spacial score (nSPS) is 17.1. The molecular formula is C24H19NO8. The standard InChI is InChI=1S/C24H19NO8/c1-2-30-18-10-13(5-7-15(18)26)21-20(22(27)17-4-3-9-31-17)23(28)24(29)25(21)14-6-8-16-19(11-14)33-12-32-16/h3-11,21,26,28H,2,12H2,1H3. The number of ether oxygens (including phenoxy) is 3. The third-order valence-electron chi connectivity index (χ3n) is 5.43. The van der Waals surface area contributed by atoms with Crippen molar-refractivity contribution in [1.29, 1.82) is 0 Å². The monoisotopic (exact) mass is 449 g/mol. The average Bonchev–Trinajstić information content (AvgIpc) is 3.55. The van der Waals surface area contributed by atoms with E-state index >= 15 is 0 Å². The Bertz CT molecular complexity index is 1280. The smallest absolute Gasteiger partial charge is 0.294 e. The summed E-state index contributed by atoms with van der Waals surface area (Å²) in [6, 6.07) is 11.4. The van der Waals surface area contributed by atoms with Crippen LogP contribution in [-0.2, 0) is 4.79 Å². The van der Waals surface area contributed by atoms with Crippen molar-refractivity contribution in [3.63, 3.8) is 0 Å². The number of fused-ring (bicyclic) bond motifs is 1. The molecule has 3 aromatic rings. The van der Waals surface area contributed by atoms with Crippen molar-refractivity contribution < 1.29 is 38.4 Å². The molecule has 5 rings (SSSR count). The minimum absolute atomic E-state index is 0.0225. The molecule has 3 heterocycles. The number of phenolic OH excluding ortho intramolecular Hbond substituents is 1. The minimum Gasteiger partial charge on any atom is -0.504 e. The zero-order chi connectivity index (χ0) is 23.1. The maximum absolute atomic E-state index is 13.3. The molecule has 9 nitrogen and oxygen atoms in total. The van der Waals surface area contributed by atoms with Crippen LogP contribution in [0.15, 0.2) is 70.5 Å². The van der Waals surface area contributed by atoms with Gasteiger partial charge in [0.25, 0.3) is 5.91 Å². The molecular weight excluding hydrogens is 430 g/mol. The number of carbonyl (C=O) groups excluding carboxylic acids is 2. The number of phenols is 1. The van der Waals surface area contributed by atoms with Gasteiger partial charge >= 0.3 is 0 Å². The van der Waals surface area contributed by atoms with Gasteiger partial charge in [0.2, 0.25) is 12.6 Å². The fourth-order valence-electron chi connectivity index (χ4n) is 3.97. The van der Waals surface area contributed by atoms with Crippen LogP contribution in [0.3, 0.4) is 0 Å². The van der Waals surface area contributed by atoms with Crippen LogP contribution >= 0.6 is 0 Å². The lowest BCUT2D eigenvalue weighted by atomic mass is 9.94. The van der Waals surface area contributed by atoms with E-state index in [0.29, 0.717) is 29.4 Å². The Labute approximate surface area is 188 Å². The van der Waals surface area contributed by atoms with Crippen molar-refractivity contribution in [2.24, 2.45) is 0 Å². The predicted octanol–water partition coefficient (Wildman–Crippen LogP) is 3.90. The minimum atomic E-state index is -1.02. The van der Waals surface area contributed by atoms with Crippen LogP contribution in [-0.4, -0.2) is 35.3 Å². The van der Waals surface area contributed by atoms with Gasteiger partial charge in [-0.1, -0.05) is 6.07 Å². The zero-order valence-electron chi connectivity index (χ0n) is 17.5. The second-order valence-electron chi connectivity index (χ2n) is 7.34. The van der Waals surface area contributed by atoms with Crippen LogP contribution in [0.5, 0.6) is 23.0 Å². The Balaban J connectivity index is 1.67. The Morgan fingerprint density at radius 1 is 1.12 bits per heavy atom. The Morgan fingerprint density at radius 2 is 1.94 bits per heavy atom. The van der Waals surface area contributed by atoms with E-state index in [1.807, 2.05) is 0 Å². The molecule has 168 valence electrons. The van der Waals surface area contributed by atoms with E-state index in [2.05, 4.69) is 0 Å². The highest BCUT2D eigenvalue weighted by Gasteiger charge is 2.45.